The number of benzene rings is 2. The molecule has 0 aliphatic rings. The second-order valence-corrected chi connectivity index (χ2v) is 6.53. The molecule has 0 saturated carbocycles. The van der Waals surface area contributed by atoms with Gasteiger partial charge in [-0.1, -0.05) is 12.1 Å². The topological polar surface area (TPSA) is 108 Å². The van der Waals surface area contributed by atoms with Crippen LogP contribution < -0.4 is 19.9 Å². The van der Waals surface area contributed by atoms with Gasteiger partial charge >= 0.3 is 0 Å². The van der Waals surface area contributed by atoms with E-state index >= 15 is 0 Å². The van der Waals surface area contributed by atoms with Gasteiger partial charge in [0.25, 0.3) is 5.91 Å². The Morgan fingerprint density at radius 2 is 1.67 bits per heavy atom. The van der Waals surface area contributed by atoms with Gasteiger partial charge in [0, 0.05) is 5.69 Å². The Hall–Kier alpha value is -2.58. The van der Waals surface area contributed by atoms with Crippen molar-refractivity contribution in [3.63, 3.8) is 0 Å². The maximum absolute atomic E-state index is 12.2. The van der Waals surface area contributed by atoms with Crippen LogP contribution in [0.2, 0.25) is 0 Å². The van der Waals surface area contributed by atoms with Crippen LogP contribution in [0, 0.1) is 0 Å². The van der Waals surface area contributed by atoms with E-state index in [1.807, 2.05) is 0 Å². The van der Waals surface area contributed by atoms with Gasteiger partial charge in [-0.05, 0) is 43.3 Å². The highest BCUT2D eigenvalue weighted by molar-refractivity contribution is 7.89. The van der Waals surface area contributed by atoms with Crippen LogP contribution in [0.4, 0.5) is 5.69 Å². The smallest absolute Gasteiger partial charge is 0.265 e. The van der Waals surface area contributed by atoms with Gasteiger partial charge in [0.1, 0.15) is 0 Å². The molecule has 0 spiro atoms. The van der Waals surface area contributed by atoms with Crippen molar-refractivity contribution in [2.45, 2.75) is 17.9 Å². The molecule has 128 valence electrons. The van der Waals surface area contributed by atoms with Crippen molar-refractivity contribution in [3.8, 4) is 11.5 Å². The maximum Gasteiger partial charge on any atom is 0.265 e. The molecule has 3 N–H and O–H groups in total. The Kier molecular flexibility index (Phi) is 5.42. The first-order chi connectivity index (χ1) is 11.3. The van der Waals surface area contributed by atoms with Crippen LogP contribution in [0.1, 0.15) is 6.92 Å². The van der Waals surface area contributed by atoms with Crippen LogP contribution in [0.5, 0.6) is 11.5 Å². The third kappa shape index (κ3) is 4.46. The largest absolute Gasteiger partial charge is 0.493 e. The standard InChI is InChI=1S/C16H18N2O5S/c1-11(23-15-6-4-3-5-14(15)22-2)16(19)18-12-7-9-13(10-8-12)24(17,20)21/h3-11H,1-2H3,(H,18,19)(H2,17,20,21)/t11-/m1/s1. The van der Waals surface area contributed by atoms with Crippen LogP contribution in [0.3, 0.4) is 0 Å². The number of sulfonamides is 1. The van der Waals surface area contributed by atoms with Gasteiger partial charge in [0.05, 0.1) is 12.0 Å². The van der Waals surface area contributed by atoms with Crippen molar-refractivity contribution in [2.75, 3.05) is 12.4 Å². The fourth-order valence-electron chi connectivity index (χ4n) is 1.93. The number of amides is 1. The van der Waals surface area contributed by atoms with E-state index in [1.54, 1.807) is 31.2 Å². The summed E-state index contributed by atoms with van der Waals surface area (Å²) in [7, 11) is -2.25. The normalized spacial score (nSPS) is 12.3. The lowest BCUT2D eigenvalue weighted by Gasteiger charge is -2.16. The minimum atomic E-state index is -3.76. The monoisotopic (exact) mass is 350 g/mol. The fourth-order valence-corrected chi connectivity index (χ4v) is 2.45. The first-order valence-electron chi connectivity index (χ1n) is 7.04. The number of carbonyl (C=O) groups excluding carboxylic acids is 1. The summed E-state index contributed by atoms with van der Waals surface area (Å²) in [6.07, 6.45) is -0.779. The minimum Gasteiger partial charge on any atom is -0.493 e. The second-order valence-electron chi connectivity index (χ2n) is 4.97. The minimum absolute atomic E-state index is 0.0289. The molecule has 0 aliphatic carbocycles. The predicted molar refractivity (Wildman–Crippen MR) is 89.5 cm³/mol. The van der Waals surface area contributed by atoms with Crippen molar-refractivity contribution >= 4 is 21.6 Å². The molecule has 1 amide bonds. The van der Waals surface area contributed by atoms with Gasteiger partial charge in [-0.15, -0.1) is 0 Å². The number of rotatable bonds is 6. The van der Waals surface area contributed by atoms with E-state index in [2.05, 4.69) is 5.32 Å². The third-order valence-electron chi connectivity index (χ3n) is 3.19. The number of primary sulfonamides is 1. The molecule has 24 heavy (non-hydrogen) atoms. The number of anilines is 1. The van der Waals surface area contributed by atoms with Crippen molar-refractivity contribution < 1.29 is 22.7 Å². The van der Waals surface area contributed by atoms with Crippen LogP contribution in [-0.2, 0) is 14.8 Å². The Bertz CT molecular complexity index is 819. The molecule has 0 aliphatic heterocycles. The SMILES string of the molecule is COc1ccccc1O[C@H](C)C(=O)Nc1ccc(S(N)(=O)=O)cc1. The highest BCUT2D eigenvalue weighted by Gasteiger charge is 2.17. The van der Waals surface area contributed by atoms with E-state index in [0.717, 1.165) is 0 Å². The Labute approximate surface area is 140 Å². The first-order valence-corrected chi connectivity index (χ1v) is 8.59. The van der Waals surface area contributed by atoms with Gasteiger partial charge in [-0.3, -0.25) is 4.79 Å². The Morgan fingerprint density at radius 3 is 2.21 bits per heavy atom. The lowest BCUT2D eigenvalue weighted by atomic mass is 10.3. The number of hydrogen-bond donors (Lipinski definition) is 2. The number of para-hydroxylation sites is 2. The summed E-state index contributed by atoms with van der Waals surface area (Å²) in [6, 6.07) is 12.5. The number of hydrogen-bond acceptors (Lipinski definition) is 5. The van der Waals surface area contributed by atoms with Crippen molar-refractivity contribution in [1.29, 1.82) is 0 Å². The molecule has 1 atom stereocenters. The summed E-state index contributed by atoms with van der Waals surface area (Å²) in [5.41, 5.74) is 0.433. The molecule has 0 saturated heterocycles. The molecule has 2 aromatic carbocycles. The molecule has 2 rings (SSSR count). The van der Waals surface area contributed by atoms with Crippen molar-refractivity contribution in [3.05, 3.63) is 48.5 Å². The molecule has 7 nitrogen and oxygen atoms in total. The van der Waals surface area contributed by atoms with Crippen molar-refractivity contribution in [2.24, 2.45) is 5.14 Å². The van der Waals surface area contributed by atoms with Gasteiger partial charge in [0.15, 0.2) is 17.6 Å². The fraction of sp³-hybridized carbons (Fsp3) is 0.188. The highest BCUT2D eigenvalue weighted by Crippen LogP contribution is 2.27. The average molecular weight is 350 g/mol. The van der Waals surface area contributed by atoms with E-state index in [1.165, 1.54) is 31.4 Å². The predicted octanol–water partition coefficient (Wildman–Crippen LogP) is 1.75. The number of carbonyl (C=O) groups is 1. The molecule has 0 aromatic heterocycles. The molecular formula is C16H18N2O5S. The van der Waals surface area contributed by atoms with Crippen LogP contribution >= 0.6 is 0 Å². The zero-order valence-electron chi connectivity index (χ0n) is 13.2. The molecule has 0 radical (unpaired) electrons. The van der Waals surface area contributed by atoms with E-state index in [0.29, 0.717) is 17.2 Å². The first kappa shape index (κ1) is 17.8. The molecule has 0 heterocycles. The lowest BCUT2D eigenvalue weighted by Crippen LogP contribution is -2.30. The summed E-state index contributed by atoms with van der Waals surface area (Å²) in [5, 5.41) is 7.66. The second kappa shape index (κ2) is 7.33. The van der Waals surface area contributed by atoms with E-state index in [-0.39, 0.29) is 10.8 Å². The van der Waals surface area contributed by atoms with E-state index in [4.69, 9.17) is 14.6 Å². The maximum atomic E-state index is 12.2. The summed E-state index contributed by atoms with van der Waals surface area (Å²) in [5.74, 6) is 0.589. The molecule has 0 unspecified atom stereocenters. The summed E-state index contributed by atoms with van der Waals surface area (Å²) in [6.45, 7) is 1.60. The zero-order chi connectivity index (χ0) is 17.7. The highest BCUT2D eigenvalue weighted by atomic mass is 32.2. The number of ether oxygens (including phenoxy) is 2. The molecule has 8 heteroatoms. The van der Waals surface area contributed by atoms with Crippen LogP contribution in [0.25, 0.3) is 0 Å². The van der Waals surface area contributed by atoms with E-state index in [9.17, 15) is 13.2 Å². The third-order valence-corrected chi connectivity index (χ3v) is 4.12. The van der Waals surface area contributed by atoms with Crippen LogP contribution in [-0.4, -0.2) is 27.5 Å². The summed E-state index contributed by atoms with van der Waals surface area (Å²) in [4.78, 5) is 12.1. The number of nitrogens with one attached hydrogen (secondary N) is 1. The molecular weight excluding hydrogens is 332 g/mol. The lowest BCUT2D eigenvalue weighted by molar-refractivity contribution is -0.122. The molecule has 2 aromatic rings. The van der Waals surface area contributed by atoms with Gasteiger partial charge in [0.2, 0.25) is 10.0 Å². The zero-order valence-corrected chi connectivity index (χ0v) is 14.0. The Balaban J connectivity index is 2.04. The summed E-state index contributed by atoms with van der Waals surface area (Å²) < 4.78 is 33.2. The summed E-state index contributed by atoms with van der Waals surface area (Å²) >= 11 is 0. The quantitative estimate of drug-likeness (QED) is 0.825. The molecule has 0 bridgehead atoms. The van der Waals surface area contributed by atoms with Crippen LogP contribution in [0.15, 0.2) is 53.4 Å². The van der Waals surface area contributed by atoms with Crippen molar-refractivity contribution in [1.82, 2.24) is 0 Å². The number of nitrogens with two attached hydrogens (primary N) is 1. The van der Waals surface area contributed by atoms with Gasteiger partial charge in [-0.2, -0.15) is 0 Å². The average Bonchev–Trinajstić information content (AvgIpc) is 2.55. The van der Waals surface area contributed by atoms with Gasteiger partial charge in [-0.25, -0.2) is 13.6 Å². The van der Waals surface area contributed by atoms with Gasteiger partial charge < -0.3 is 14.8 Å². The molecule has 0 fully saturated rings. The number of methoxy groups -OCH3 is 1. The Morgan fingerprint density at radius 1 is 1.08 bits per heavy atom. The van der Waals surface area contributed by atoms with E-state index < -0.39 is 16.1 Å².